The maximum atomic E-state index is 14.5. The third kappa shape index (κ3) is 6.24. The van der Waals surface area contributed by atoms with Crippen LogP contribution in [0, 0.1) is 16.5 Å². The van der Waals surface area contributed by atoms with Crippen molar-refractivity contribution >= 4 is 11.9 Å². The van der Waals surface area contributed by atoms with E-state index in [0.717, 1.165) is 18.9 Å². The van der Waals surface area contributed by atoms with Gasteiger partial charge in [-0.25, -0.2) is 13.1 Å². The van der Waals surface area contributed by atoms with Crippen molar-refractivity contribution in [2.45, 2.75) is 78.3 Å². The van der Waals surface area contributed by atoms with Crippen LogP contribution in [0.4, 0.5) is 8.78 Å². The molecule has 1 aliphatic rings. The molecule has 28 heavy (non-hydrogen) atoms. The summed E-state index contributed by atoms with van der Waals surface area (Å²) < 4.78 is 30.9. The first-order chi connectivity index (χ1) is 13.4. The normalized spacial score (nSPS) is 21.9. The molecule has 3 atom stereocenters. The van der Waals surface area contributed by atoms with Gasteiger partial charge in [-0.15, -0.1) is 0 Å². The van der Waals surface area contributed by atoms with Crippen LogP contribution < -0.4 is 0 Å². The molecular weight excluding hydrogens is 378 g/mol. The Morgan fingerprint density at radius 3 is 2.54 bits per heavy atom. The highest BCUT2D eigenvalue weighted by molar-refractivity contribution is 7.97. The maximum Gasteiger partial charge on any atom is 0.129 e. The molecule has 3 nitrogen and oxygen atoms in total. The number of allylic oxidation sites excluding steroid dienone is 3. The molecule has 1 heterocycles. The van der Waals surface area contributed by atoms with Crippen molar-refractivity contribution in [3.63, 3.8) is 0 Å². The molecule has 0 aliphatic carbocycles. The first-order valence-corrected chi connectivity index (χ1v) is 10.8. The molecule has 0 aromatic heterocycles. The molecule has 0 radical (unpaired) electrons. The number of hydrogen-bond donors (Lipinski definition) is 0. The summed E-state index contributed by atoms with van der Waals surface area (Å²) in [5.41, 5.74) is 1.56. The fraction of sp³-hybridized carbons (Fsp3) is 0.545. The first-order valence-electron chi connectivity index (χ1n) is 9.93. The largest absolute Gasteiger partial charge is 0.243 e. The summed E-state index contributed by atoms with van der Waals surface area (Å²) in [7, 11) is 0. The van der Waals surface area contributed by atoms with Crippen LogP contribution in [0.15, 0.2) is 41.1 Å². The van der Waals surface area contributed by atoms with E-state index >= 15 is 0 Å². The monoisotopic (exact) mass is 410 g/mol. The molecule has 2 unspecified atom stereocenters. The maximum absolute atomic E-state index is 14.5. The fourth-order valence-electron chi connectivity index (χ4n) is 3.13. The predicted molar refractivity (Wildman–Crippen MR) is 116 cm³/mol. The zero-order chi connectivity index (χ0) is 21.3. The molecule has 0 spiro atoms. The van der Waals surface area contributed by atoms with E-state index in [0.29, 0.717) is 17.4 Å². The minimum absolute atomic E-state index is 0.00255. The van der Waals surface area contributed by atoms with Gasteiger partial charge >= 0.3 is 0 Å². The topological polar surface area (TPSA) is 32.7 Å². The Bertz CT molecular complexity index is 706. The summed E-state index contributed by atoms with van der Waals surface area (Å²) in [5, 5.41) is 3.11. The lowest BCUT2D eigenvalue weighted by molar-refractivity contribution is 0.320. The van der Waals surface area contributed by atoms with Gasteiger partial charge in [0.15, 0.2) is 0 Å². The Balaban J connectivity index is 0.00000190. The zero-order valence-corrected chi connectivity index (χ0v) is 18.5. The quantitative estimate of drug-likeness (QED) is 0.279. The van der Waals surface area contributed by atoms with Gasteiger partial charge in [0.2, 0.25) is 0 Å². The van der Waals surface area contributed by atoms with Crippen LogP contribution >= 0.6 is 11.9 Å². The van der Waals surface area contributed by atoms with Crippen LogP contribution in [-0.2, 0) is 6.54 Å². The summed E-state index contributed by atoms with van der Waals surface area (Å²) in [6, 6.07) is 1.68. The van der Waals surface area contributed by atoms with E-state index in [1.165, 1.54) is 18.6 Å². The summed E-state index contributed by atoms with van der Waals surface area (Å²) in [4.78, 5) is 10.6. The smallest absolute Gasteiger partial charge is 0.129 e. The second kappa shape index (κ2) is 12.1. The molecule has 1 saturated heterocycles. The van der Waals surface area contributed by atoms with Crippen molar-refractivity contribution < 1.29 is 8.78 Å². The molecule has 1 fully saturated rings. The molecule has 0 amide bonds. The standard InChI is InChI=1S/C20H26F2N2OS.C2H6/c1-5-7-15(6-2)20-9-8-13(3)24(26-20)12-16-10-19(22)17(11-18(16)21)14(4)23-25;1-2/h5-7,10-11,13-14,20H,8-9,12H2,1-4H3;1-2H3/b7-5-,15-6+;/t13-,14?,20?;/m0./s1. The SMILES string of the molecule is C/C=C\C(=C/C)C1CC[C@H](C)N(Cc2cc(F)c(C(C)N=O)cc2F)S1.CC. The van der Waals surface area contributed by atoms with Gasteiger partial charge in [0, 0.05) is 29.0 Å². The summed E-state index contributed by atoms with van der Waals surface area (Å²) in [6.45, 7) is 11.9. The Morgan fingerprint density at radius 2 is 1.96 bits per heavy atom. The molecule has 1 aromatic rings. The summed E-state index contributed by atoms with van der Waals surface area (Å²) in [6.07, 6.45) is 8.29. The van der Waals surface area contributed by atoms with Gasteiger partial charge in [-0.3, -0.25) is 0 Å². The number of hydrogen-bond acceptors (Lipinski definition) is 4. The van der Waals surface area contributed by atoms with Crippen molar-refractivity contribution in [1.82, 2.24) is 4.31 Å². The van der Waals surface area contributed by atoms with Gasteiger partial charge in [0.25, 0.3) is 0 Å². The molecule has 156 valence electrons. The van der Waals surface area contributed by atoms with Crippen molar-refractivity contribution in [1.29, 1.82) is 0 Å². The van der Waals surface area contributed by atoms with Gasteiger partial charge in [0.1, 0.15) is 17.7 Å². The highest BCUT2D eigenvalue weighted by Gasteiger charge is 2.28. The molecule has 0 saturated carbocycles. The van der Waals surface area contributed by atoms with Crippen LogP contribution in [0.3, 0.4) is 0 Å². The first kappa shape index (κ1) is 24.5. The zero-order valence-electron chi connectivity index (χ0n) is 17.7. The van der Waals surface area contributed by atoms with Gasteiger partial charge < -0.3 is 0 Å². The van der Waals surface area contributed by atoms with E-state index < -0.39 is 17.7 Å². The Morgan fingerprint density at radius 1 is 1.29 bits per heavy atom. The van der Waals surface area contributed by atoms with Crippen LogP contribution in [0.25, 0.3) is 0 Å². The van der Waals surface area contributed by atoms with E-state index in [1.54, 1.807) is 11.9 Å². The molecular formula is C22H32F2N2OS. The molecule has 1 aliphatic heterocycles. The summed E-state index contributed by atoms with van der Waals surface area (Å²) >= 11 is 1.69. The number of benzene rings is 1. The van der Waals surface area contributed by atoms with Crippen molar-refractivity contribution in [2.24, 2.45) is 5.18 Å². The number of rotatable bonds is 6. The average Bonchev–Trinajstić information content (AvgIpc) is 2.71. The van der Waals surface area contributed by atoms with Crippen LogP contribution in [0.5, 0.6) is 0 Å². The second-order valence-electron chi connectivity index (χ2n) is 6.63. The molecule has 1 aromatic carbocycles. The fourth-order valence-corrected chi connectivity index (χ4v) is 4.56. The Hall–Kier alpha value is -1.53. The third-order valence-electron chi connectivity index (χ3n) is 4.77. The van der Waals surface area contributed by atoms with E-state index in [9.17, 15) is 13.7 Å². The lowest BCUT2D eigenvalue weighted by Crippen LogP contribution is -2.34. The highest BCUT2D eigenvalue weighted by Crippen LogP contribution is 2.38. The second-order valence-corrected chi connectivity index (χ2v) is 7.88. The molecule has 2 rings (SSSR count). The van der Waals surface area contributed by atoms with Crippen LogP contribution in [-0.4, -0.2) is 15.6 Å². The van der Waals surface area contributed by atoms with Crippen molar-refractivity contribution in [2.75, 3.05) is 0 Å². The van der Waals surface area contributed by atoms with Crippen LogP contribution in [0.2, 0.25) is 0 Å². The lowest BCUT2D eigenvalue weighted by Gasteiger charge is -2.37. The number of nitrogens with zero attached hydrogens (tertiary/aromatic N) is 2. The summed E-state index contributed by atoms with van der Waals surface area (Å²) in [5.74, 6) is -1.07. The van der Waals surface area contributed by atoms with Crippen molar-refractivity contribution in [3.05, 3.63) is 63.6 Å². The highest BCUT2D eigenvalue weighted by atomic mass is 32.2. The van der Waals surface area contributed by atoms with Crippen molar-refractivity contribution in [3.8, 4) is 0 Å². The minimum Gasteiger partial charge on any atom is -0.243 e. The molecule has 0 bridgehead atoms. The lowest BCUT2D eigenvalue weighted by atomic mass is 10.0. The van der Waals surface area contributed by atoms with E-state index in [1.807, 2.05) is 33.8 Å². The van der Waals surface area contributed by atoms with Crippen LogP contribution in [0.1, 0.15) is 71.6 Å². The third-order valence-corrected chi connectivity index (χ3v) is 6.29. The predicted octanol–water partition coefficient (Wildman–Crippen LogP) is 7.34. The van der Waals surface area contributed by atoms with E-state index in [-0.39, 0.29) is 11.6 Å². The van der Waals surface area contributed by atoms with Gasteiger partial charge in [-0.2, -0.15) is 4.91 Å². The van der Waals surface area contributed by atoms with E-state index in [2.05, 4.69) is 28.6 Å². The van der Waals surface area contributed by atoms with Gasteiger partial charge in [-0.1, -0.05) is 49.2 Å². The molecule has 0 N–H and O–H groups in total. The Labute approximate surface area is 172 Å². The minimum atomic E-state index is -0.899. The van der Waals surface area contributed by atoms with E-state index in [4.69, 9.17) is 0 Å². The average molecular weight is 411 g/mol. The molecule has 6 heteroatoms. The number of halogens is 2. The Kier molecular flexibility index (Phi) is 10.6. The number of nitroso groups, excluding NO2 is 1. The van der Waals surface area contributed by atoms with Gasteiger partial charge in [0.05, 0.1) is 0 Å². The van der Waals surface area contributed by atoms with Gasteiger partial charge in [-0.05, 0) is 58.2 Å².